The minimum absolute atomic E-state index is 0.0121. The number of carbonyl (C=O) groups is 1. The molecule has 0 aliphatic carbocycles. The normalized spacial score (nSPS) is 10.4. The average Bonchev–Trinajstić information content (AvgIpc) is 2.77. The van der Waals surface area contributed by atoms with Crippen LogP contribution in [-0.4, -0.2) is 22.6 Å². The first-order chi connectivity index (χ1) is 9.13. The molecular weight excluding hydrogens is 240 g/mol. The zero-order valence-electron chi connectivity index (χ0n) is 10.9. The van der Waals surface area contributed by atoms with E-state index in [2.05, 4.69) is 15.5 Å². The van der Waals surface area contributed by atoms with Gasteiger partial charge in [-0.2, -0.15) is 5.10 Å². The fraction of sp³-hybridized carbons (Fsp3) is 0.286. The highest BCUT2D eigenvalue weighted by molar-refractivity contribution is 5.78. The largest absolute Gasteiger partial charge is 0.399 e. The number of nitrogens with zero attached hydrogens (tertiary/aromatic N) is 1. The van der Waals surface area contributed by atoms with Crippen molar-refractivity contribution in [1.29, 1.82) is 0 Å². The molecule has 0 atom stereocenters. The lowest BCUT2D eigenvalue weighted by molar-refractivity contribution is -0.120. The first-order valence-corrected chi connectivity index (χ1v) is 6.25. The Kier molecular flexibility index (Phi) is 4.18. The summed E-state index contributed by atoms with van der Waals surface area (Å²) in [4.78, 5) is 11.7. The number of benzene rings is 1. The number of hydrogen-bond donors (Lipinski definition) is 3. The number of H-pyrrole nitrogens is 1. The third-order valence-electron chi connectivity index (χ3n) is 2.82. The highest BCUT2D eigenvalue weighted by Crippen LogP contribution is 2.05. The van der Waals surface area contributed by atoms with Crippen molar-refractivity contribution in [2.24, 2.45) is 0 Å². The van der Waals surface area contributed by atoms with Crippen molar-refractivity contribution in [2.45, 2.75) is 19.8 Å². The molecule has 2 rings (SSSR count). The van der Waals surface area contributed by atoms with Gasteiger partial charge in [0.2, 0.25) is 5.91 Å². The second-order valence-electron chi connectivity index (χ2n) is 4.56. The smallest absolute Gasteiger partial charge is 0.226 e. The van der Waals surface area contributed by atoms with E-state index in [1.165, 1.54) is 0 Å². The third kappa shape index (κ3) is 4.13. The number of anilines is 1. The molecule has 5 heteroatoms. The van der Waals surface area contributed by atoms with Gasteiger partial charge in [-0.15, -0.1) is 0 Å². The number of aryl methyl sites for hydroxylation is 1. The van der Waals surface area contributed by atoms with Crippen molar-refractivity contribution in [3.8, 4) is 0 Å². The lowest BCUT2D eigenvalue weighted by atomic mass is 10.1. The molecule has 4 N–H and O–H groups in total. The van der Waals surface area contributed by atoms with E-state index in [1.807, 2.05) is 37.3 Å². The summed E-state index contributed by atoms with van der Waals surface area (Å²) < 4.78 is 0. The van der Waals surface area contributed by atoms with Crippen molar-refractivity contribution in [2.75, 3.05) is 12.3 Å². The fourth-order valence-electron chi connectivity index (χ4n) is 1.82. The first-order valence-electron chi connectivity index (χ1n) is 6.25. The van der Waals surface area contributed by atoms with Gasteiger partial charge in [0.15, 0.2) is 0 Å². The van der Waals surface area contributed by atoms with E-state index in [0.717, 1.165) is 29.1 Å². The molecule has 0 unspecified atom stereocenters. The van der Waals surface area contributed by atoms with E-state index in [0.29, 0.717) is 13.0 Å². The van der Waals surface area contributed by atoms with Crippen LogP contribution in [0.1, 0.15) is 17.0 Å². The molecule has 0 spiro atoms. The summed E-state index contributed by atoms with van der Waals surface area (Å²) in [5.74, 6) is -0.0121. The summed E-state index contributed by atoms with van der Waals surface area (Å²) in [5, 5.41) is 9.73. The quantitative estimate of drug-likeness (QED) is 0.705. The number of carbonyl (C=O) groups excluding carboxylic acids is 1. The minimum Gasteiger partial charge on any atom is -0.399 e. The maximum atomic E-state index is 11.7. The van der Waals surface area contributed by atoms with Crippen LogP contribution in [0.5, 0.6) is 0 Å². The number of hydrogen-bond acceptors (Lipinski definition) is 3. The molecule has 0 aliphatic heterocycles. The number of nitrogens with two attached hydrogens (primary N) is 1. The number of amides is 1. The Morgan fingerprint density at radius 1 is 1.37 bits per heavy atom. The zero-order chi connectivity index (χ0) is 13.7. The predicted molar refractivity (Wildman–Crippen MR) is 74.6 cm³/mol. The van der Waals surface area contributed by atoms with Crippen molar-refractivity contribution >= 4 is 11.6 Å². The Morgan fingerprint density at radius 3 is 2.74 bits per heavy atom. The molecular formula is C14H18N4O. The minimum atomic E-state index is -0.0121. The summed E-state index contributed by atoms with van der Waals surface area (Å²) in [5.41, 5.74) is 9.25. The summed E-state index contributed by atoms with van der Waals surface area (Å²) >= 11 is 0. The number of aromatic amines is 1. The van der Waals surface area contributed by atoms with E-state index in [1.54, 1.807) is 0 Å². The van der Waals surface area contributed by atoms with Gasteiger partial charge in [-0.25, -0.2) is 0 Å². The Hall–Kier alpha value is -2.30. The van der Waals surface area contributed by atoms with Crippen molar-refractivity contribution in [3.63, 3.8) is 0 Å². The van der Waals surface area contributed by atoms with Crippen LogP contribution in [0.4, 0.5) is 5.69 Å². The third-order valence-corrected chi connectivity index (χ3v) is 2.82. The van der Waals surface area contributed by atoms with Gasteiger partial charge in [-0.1, -0.05) is 12.1 Å². The summed E-state index contributed by atoms with van der Waals surface area (Å²) in [7, 11) is 0. The molecule has 1 aromatic heterocycles. The van der Waals surface area contributed by atoms with Crippen LogP contribution in [0.25, 0.3) is 0 Å². The van der Waals surface area contributed by atoms with Crippen LogP contribution in [-0.2, 0) is 17.6 Å². The molecule has 5 nitrogen and oxygen atoms in total. The van der Waals surface area contributed by atoms with E-state index in [4.69, 9.17) is 5.73 Å². The second kappa shape index (κ2) is 6.04. The fourth-order valence-corrected chi connectivity index (χ4v) is 1.82. The first kappa shape index (κ1) is 13.1. The maximum Gasteiger partial charge on any atom is 0.226 e. The molecule has 100 valence electrons. The number of aromatic nitrogens is 2. The second-order valence-corrected chi connectivity index (χ2v) is 4.56. The molecule has 19 heavy (non-hydrogen) atoms. The van der Waals surface area contributed by atoms with Gasteiger partial charge in [-0.3, -0.25) is 9.89 Å². The van der Waals surface area contributed by atoms with Gasteiger partial charge in [0.25, 0.3) is 0 Å². The molecule has 0 radical (unpaired) electrons. The number of rotatable bonds is 5. The molecule has 2 aromatic rings. The van der Waals surface area contributed by atoms with E-state index >= 15 is 0 Å². The molecule has 0 bridgehead atoms. The SMILES string of the molecule is Cc1cc(CC(=O)NCCc2ccc(N)cc2)n[nH]1. The lowest BCUT2D eigenvalue weighted by Gasteiger charge is -2.04. The van der Waals surface area contributed by atoms with Gasteiger partial charge >= 0.3 is 0 Å². The van der Waals surface area contributed by atoms with Crippen molar-refractivity contribution in [1.82, 2.24) is 15.5 Å². The molecule has 0 fully saturated rings. The van der Waals surface area contributed by atoms with E-state index in [-0.39, 0.29) is 5.91 Å². The van der Waals surface area contributed by atoms with Gasteiger partial charge in [-0.05, 0) is 37.1 Å². The molecule has 0 saturated heterocycles. The molecule has 1 amide bonds. The predicted octanol–water partition coefficient (Wildman–Crippen LogP) is 1.20. The van der Waals surface area contributed by atoms with Gasteiger partial charge in [0, 0.05) is 17.9 Å². The Morgan fingerprint density at radius 2 is 2.11 bits per heavy atom. The Bertz CT molecular complexity index is 545. The van der Waals surface area contributed by atoms with Gasteiger partial charge < -0.3 is 11.1 Å². The number of nitrogens with one attached hydrogen (secondary N) is 2. The van der Waals surface area contributed by atoms with Crippen LogP contribution in [0.3, 0.4) is 0 Å². The Labute approximate surface area is 112 Å². The van der Waals surface area contributed by atoms with Crippen LogP contribution in [0.15, 0.2) is 30.3 Å². The van der Waals surface area contributed by atoms with Crippen LogP contribution in [0.2, 0.25) is 0 Å². The van der Waals surface area contributed by atoms with Gasteiger partial charge in [0.05, 0.1) is 12.1 Å². The van der Waals surface area contributed by atoms with E-state index < -0.39 is 0 Å². The maximum absolute atomic E-state index is 11.7. The highest BCUT2D eigenvalue weighted by atomic mass is 16.1. The van der Waals surface area contributed by atoms with Crippen LogP contribution in [0, 0.1) is 6.92 Å². The average molecular weight is 258 g/mol. The van der Waals surface area contributed by atoms with Crippen molar-refractivity contribution in [3.05, 3.63) is 47.3 Å². The summed E-state index contributed by atoms with van der Waals surface area (Å²) in [6.07, 6.45) is 1.11. The van der Waals surface area contributed by atoms with Crippen LogP contribution >= 0.6 is 0 Å². The zero-order valence-corrected chi connectivity index (χ0v) is 10.9. The molecule has 0 aliphatic rings. The van der Waals surface area contributed by atoms with E-state index in [9.17, 15) is 4.79 Å². The molecule has 0 saturated carbocycles. The monoisotopic (exact) mass is 258 g/mol. The van der Waals surface area contributed by atoms with Crippen LogP contribution < -0.4 is 11.1 Å². The van der Waals surface area contributed by atoms with Crippen molar-refractivity contribution < 1.29 is 4.79 Å². The summed E-state index contributed by atoms with van der Waals surface area (Å²) in [6, 6.07) is 9.55. The standard InChI is InChI=1S/C14H18N4O/c1-10-8-13(18-17-10)9-14(19)16-7-6-11-2-4-12(15)5-3-11/h2-5,8H,6-7,9,15H2,1H3,(H,16,19)(H,17,18). The lowest BCUT2D eigenvalue weighted by Crippen LogP contribution is -2.27. The summed E-state index contributed by atoms with van der Waals surface area (Å²) in [6.45, 7) is 2.53. The highest BCUT2D eigenvalue weighted by Gasteiger charge is 2.05. The Balaban J connectivity index is 1.73. The van der Waals surface area contributed by atoms with Gasteiger partial charge in [0.1, 0.15) is 0 Å². The number of nitrogen functional groups attached to an aromatic ring is 1. The molecule has 1 heterocycles. The molecule has 1 aromatic carbocycles. The topological polar surface area (TPSA) is 83.8 Å².